The fraction of sp³-hybridized carbons (Fsp3) is 0.100. The molecule has 0 aliphatic heterocycles. The summed E-state index contributed by atoms with van der Waals surface area (Å²) in [5.41, 5.74) is 3.09. The maximum atomic E-state index is 11.9. The molecule has 0 atom stereocenters. The third-order valence-electron chi connectivity index (χ3n) is 3.61. The Morgan fingerprint density at radius 2 is 1.75 bits per heavy atom. The minimum absolute atomic E-state index is 0.0987. The Morgan fingerprint density at radius 3 is 2.50 bits per heavy atom. The van der Waals surface area contributed by atoms with Crippen molar-refractivity contribution in [2.75, 3.05) is 6.54 Å². The van der Waals surface area contributed by atoms with Gasteiger partial charge in [0.2, 0.25) is 5.91 Å². The molecule has 0 saturated heterocycles. The van der Waals surface area contributed by atoms with Crippen molar-refractivity contribution in [2.24, 2.45) is 0 Å². The van der Waals surface area contributed by atoms with Crippen LogP contribution in [0.1, 0.15) is 11.1 Å². The topological polar surface area (TPSA) is 46.9 Å². The van der Waals surface area contributed by atoms with Crippen LogP contribution >= 0.6 is 0 Å². The number of hydrogen-bond acceptors (Lipinski definition) is 2. The first-order valence-corrected chi connectivity index (χ1v) is 7.91. The van der Waals surface area contributed by atoms with Gasteiger partial charge in [0.1, 0.15) is 0 Å². The molecular weight excluding hydrogens is 298 g/mol. The van der Waals surface area contributed by atoms with Gasteiger partial charge in [-0.25, -0.2) is 4.68 Å². The molecule has 0 unspecified atom stereocenters. The van der Waals surface area contributed by atoms with Crippen molar-refractivity contribution in [3.8, 4) is 5.69 Å². The third kappa shape index (κ3) is 4.43. The second-order valence-corrected chi connectivity index (χ2v) is 5.41. The van der Waals surface area contributed by atoms with Crippen LogP contribution in [0.3, 0.4) is 0 Å². The number of hydrogen-bond donors (Lipinski definition) is 1. The monoisotopic (exact) mass is 317 g/mol. The lowest BCUT2D eigenvalue weighted by Gasteiger charge is -2.02. The molecule has 120 valence electrons. The highest BCUT2D eigenvalue weighted by atomic mass is 16.1. The van der Waals surface area contributed by atoms with Crippen LogP contribution in [0.5, 0.6) is 0 Å². The zero-order valence-corrected chi connectivity index (χ0v) is 13.3. The summed E-state index contributed by atoms with van der Waals surface area (Å²) in [4.78, 5) is 11.9. The number of amides is 1. The Kier molecular flexibility index (Phi) is 5.20. The molecule has 1 heterocycles. The van der Waals surface area contributed by atoms with Crippen molar-refractivity contribution in [1.82, 2.24) is 15.1 Å². The van der Waals surface area contributed by atoms with Gasteiger partial charge in [-0.15, -0.1) is 0 Å². The van der Waals surface area contributed by atoms with Gasteiger partial charge in [-0.05, 0) is 30.2 Å². The van der Waals surface area contributed by atoms with E-state index >= 15 is 0 Å². The van der Waals surface area contributed by atoms with Crippen molar-refractivity contribution < 1.29 is 4.79 Å². The van der Waals surface area contributed by atoms with Gasteiger partial charge in [0, 0.05) is 24.4 Å². The largest absolute Gasteiger partial charge is 0.352 e. The highest BCUT2D eigenvalue weighted by Gasteiger charge is 1.99. The van der Waals surface area contributed by atoms with E-state index in [1.165, 1.54) is 11.6 Å². The van der Waals surface area contributed by atoms with Gasteiger partial charge in [-0.1, -0.05) is 48.5 Å². The number of carbonyl (C=O) groups is 1. The van der Waals surface area contributed by atoms with Crippen molar-refractivity contribution in [3.05, 3.63) is 90.3 Å². The van der Waals surface area contributed by atoms with Crippen molar-refractivity contribution in [2.45, 2.75) is 6.42 Å². The standard InChI is InChI=1S/C20H19N3O/c24-20(21-14-13-17-7-3-1-4-8-17)12-11-18-15-22-23(16-18)19-9-5-2-6-10-19/h1-12,15-16H,13-14H2,(H,21,24). The molecule has 4 nitrogen and oxygen atoms in total. The fourth-order valence-electron chi connectivity index (χ4n) is 2.35. The number of para-hydroxylation sites is 1. The molecule has 0 aliphatic rings. The van der Waals surface area contributed by atoms with E-state index in [2.05, 4.69) is 22.5 Å². The second kappa shape index (κ2) is 7.92. The van der Waals surface area contributed by atoms with E-state index in [4.69, 9.17) is 0 Å². The molecule has 1 N–H and O–H groups in total. The van der Waals surface area contributed by atoms with E-state index in [1.54, 1.807) is 17.0 Å². The molecule has 0 radical (unpaired) electrons. The van der Waals surface area contributed by atoms with E-state index in [1.807, 2.05) is 54.7 Å². The maximum absolute atomic E-state index is 11.9. The van der Waals surface area contributed by atoms with Crippen LogP contribution in [-0.2, 0) is 11.2 Å². The molecular formula is C20H19N3O. The molecule has 1 amide bonds. The Labute approximate surface area is 141 Å². The highest BCUT2D eigenvalue weighted by molar-refractivity contribution is 5.91. The summed E-state index contributed by atoms with van der Waals surface area (Å²) in [6.07, 6.45) is 7.76. The minimum Gasteiger partial charge on any atom is -0.352 e. The quantitative estimate of drug-likeness (QED) is 0.710. The predicted molar refractivity (Wildman–Crippen MR) is 95.8 cm³/mol. The summed E-state index contributed by atoms with van der Waals surface area (Å²) >= 11 is 0. The van der Waals surface area contributed by atoms with Gasteiger partial charge in [0.25, 0.3) is 0 Å². The zero-order chi connectivity index (χ0) is 16.6. The summed E-state index contributed by atoms with van der Waals surface area (Å²) in [6, 6.07) is 20.0. The zero-order valence-electron chi connectivity index (χ0n) is 13.3. The average Bonchev–Trinajstić information content (AvgIpc) is 3.11. The molecule has 2 aromatic carbocycles. The molecule has 0 fully saturated rings. The van der Waals surface area contributed by atoms with Crippen LogP contribution in [0.25, 0.3) is 11.8 Å². The van der Waals surface area contributed by atoms with Crippen LogP contribution in [0, 0.1) is 0 Å². The van der Waals surface area contributed by atoms with Gasteiger partial charge in [0.05, 0.1) is 11.9 Å². The summed E-state index contributed by atoms with van der Waals surface area (Å²) in [6.45, 7) is 0.621. The van der Waals surface area contributed by atoms with Crippen LogP contribution in [0.4, 0.5) is 0 Å². The Morgan fingerprint density at radius 1 is 1.04 bits per heavy atom. The van der Waals surface area contributed by atoms with E-state index in [0.29, 0.717) is 6.54 Å². The molecule has 0 saturated carbocycles. The summed E-state index contributed by atoms with van der Waals surface area (Å²) in [5.74, 6) is -0.0987. The highest BCUT2D eigenvalue weighted by Crippen LogP contribution is 2.08. The first kappa shape index (κ1) is 15.7. The van der Waals surface area contributed by atoms with Gasteiger partial charge < -0.3 is 5.32 Å². The van der Waals surface area contributed by atoms with E-state index in [9.17, 15) is 4.79 Å². The molecule has 0 spiro atoms. The predicted octanol–water partition coefficient (Wildman–Crippen LogP) is 3.24. The minimum atomic E-state index is -0.0987. The number of carbonyl (C=O) groups excluding carboxylic acids is 1. The van der Waals surface area contributed by atoms with Crippen LogP contribution in [-0.4, -0.2) is 22.2 Å². The van der Waals surface area contributed by atoms with E-state index in [-0.39, 0.29) is 5.91 Å². The van der Waals surface area contributed by atoms with Crippen LogP contribution in [0.2, 0.25) is 0 Å². The number of nitrogens with one attached hydrogen (secondary N) is 1. The second-order valence-electron chi connectivity index (χ2n) is 5.41. The van der Waals surface area contributed by atoms with Crippen LogP contribution in [0.15, 0.2) is 79.1 Å². The maximum Gasteiger partial charge on any atom is 0.244 e. The fourth-order valence-corrected chi connectivity index (χ4v) is 2.35. The SMILES string of the molecule is O=C(C=Cc1cnn(-c2ccccc2)c1)NCCc1ccccc1. The summed E-state index contributed by atoms with van der Waals surface area (Å²) in [7, 11) is 0. The molecule has 4 heteroatoms. The first-order valence-electron chi connectivity index (χ1n) is 7.91. The number of nitrogens with zero attached hydrogens (tertiary/aromatic N) is 2. The van der Waals surface area contributed by atoms with E-state index < -0.39 is 0 Å². The Balaban J connectivity index is 1.50. The third-order valence-corrected chi connectivity index (χ3v) is 3.61. The van der Waals surface area contributed by atoms with Crippen molar-refractivity contribution in [1.29, 1.82) is 0 Å². The molecule has 3 rings (SSSR count). The molecule has 24 heavy (non-hydrogen) atoms. The van der Waals surface area contributed by atoms with Crippen molar-refractivity contribution in [3.63, 3.8) is 0 Å². The van der Waals surface area contributed by atoms with Gasteiger partial charge in [-0.3, -0.25) is 4.79 Å². The first-order chi connectivity index (χ1) is 11.8. The van der Waals surface area contributed by atoms with Gasteiger partial charge >= 0.3 is 0 Å². The smallest absolute Gasteiger partial charge is 0.244 e. The summed E-state index contributed by atoms with van der Waals surface area (Å²) < 4.78 is 1.78. The molecule has 1 aromatic heterocycles. The Hall–Kier alpha value is -3.14. The molecule has 0 aliphatic carbocycles. The number of aromatic nitrogens is 2. The van der Waals surface area contributed by atoms with Gasteiger partial charge in [-0.2, -0.15) is 5.10 Å². The number of benzene rings is 2. The lowest BCUT2D eigenvalue weighted by molar-refractivity contribution is -0.116. The summed E-state index contributed by atoms with van der Waals surface area (Å²) in [5, 5.41) is 7.19. The average molecular weight is 317 g/mol. The Bertz CT molecular complexity index is 807. The molecule has 3 aromatic rings. The lowest BCUT2D eigenvalue weighted by Crippen LogP contribution is -2.23. The van der Waals surface area contributed by atoms with Crippen molar-refractivity contribution >= 4 is 12.0 Å². The normalized spacial score (nSPS) is 10.8. The lowest BCUT2D eigenvalue weighted by atomic mass is 10.1. The molecule has 0 bridgehead atoms. The van der Waals surface area contributed by atoms with Gasteiger partial charge in [0.15, 0.2) is 0 Å². The van der Waals surface area contributed by atoms with Crippen LogP contribution < -0.4 is 5.32 Å². The number of rotatable bonds is 6. The van der Waals surface area contributed by atoms with E-state index in [0.717, 1.165) is 17.7 Å².